The van der Waals surface area contributed by atoms with Crippen LogP contribution in [0.5, 0.6) is 0 Å². The molecule has 4 N–H and O–H groups in total. The van der Waals surface area contributed by atoms with Crippen LogP contribution in [0.3, 0.4) is 0 Å². The number of benzene rings is 4. The summed E-state index contributed by atoms with van der Waals surface area (Å²) in [6.07, 6.45) is 4.18. The van der Waals surface area contributed by atoms with E-state index in [1.807, 2.05) is 24.3 Å². The number of anilines is 2. The predicted molar refractivity (Wildman–Crippen MR) is 172 cm³/mol. The number of fused-ring (bicyclic) bond motifs is 2. The van der Waals surface area contributed by atoms with E-state index in [0.717, 1.165) is 42.0 Å². The number of thiocarbonyl (C=S) groups is 1. The van der Waals surface area contributed by atoms with E-state index in [0.29, 0.717) is 10.8 Å². The second kappa shape index (κ2) is 10.9. The second-order valence-electron chi connectivity index (χ2n) is 9.31. The first-order chi connectivity index (χ1) is 19.4. The first kappa shape index (κ1) is 26.2. The van der Waals surface area contributed by atoms with E-state index < -0.39 is 4.92 Å². The third-order valence-electron chi connectivity index (χ3n) is 6.81. The maximum absolute atomic E-state index is 10.9. The summed E-state index contributed by atoms with van der Waals surface area (Å²) in [5, 5.41) is 19.9. The first-order valence-corrected chi connectivity index (χ1v) is 14.3. The zero-order valence-electron chi connectivity index (χ0n) is 20.7. The van der Waals surface area contributed by atoms with Crippen LogP contribution in [0.15, 0.2) is 106 Å². The van der Waals surface area contributed by atoms with Crippen LogP contribution in [0.1, 0.15) is 22.6 Å². The van der Waals surface area contributed by atoms with E-state index in [1.54, 1.807) is 12.1 Å². The van der Waals surface area contributed by atoms with Crippen molar-refractivity contribution in [2.75, 3.05) is 10.6 Å². The lowest BCUT2D eigenvalue weighted by Crippen LogP contribution is -2.19. The maximum Gasteiger partial charge on any atom is 0.269 e. The number of nitro benzene ring substituents is 1. The number of hydrogen-bond acceptors (Lipinski definition) is 3. The van der Waals surface area contributed by atoms with Crippen LogP contribution < -0.4 is 10.6 Å². The number of nitro groups is 1. The van der Waals surface area contributed by atoms with Crippen molar-refractivity contribution in [1.82, 2.24) is 9.97 Å². The fourth-order valence-electron chi connectivity index (χ4n) is 4.95. The van der Waals surface area contributed by atoms with Gasteiger partial charge in [0, 0.05) is 72.6 Å². The summed E-state index contributed by atoms with van der Waals surface area (Å²) in [5.41, 5.74) is 7.14. The second-order valence-corrected chi connectivity index (χ2v) is 11.5. The molecule has 198 valence electrons. The molecule has 0 aliphatic heterocycles. The predicted octanol–water partition coefficient (Wildman–Crippen LogP) is 9.07. The highest BCUT2D eigenvalue weighted by Crippen LogP contribution is 2.40. The van der Waals surface area contributed by atoms with Crippen molar-refractivity contribution in [2.24, 2.45) is 0 Å². The average Bonchev–Trinajstić information content (AvgIpc) is 3.54. The van der Waals surface area contributed by atoms with Crippen molar-refractivity contribution in [3.8, 4) is 0 Å². The molecule has 4 aromatic carbocycles. The number of aromatic amines is 2. The van der Waals surface area contributed by atoms with Crippen LogP contribution in [-0.4, -0.2) is 20.0 Å². The summed E-state index contributed by atoms with van der Waals surface area (Å²) in [4.78, 5) is 17.4. The van der Waals surface area contributed by atoms with Crippen molar-refractivity contribution in [3.63, 3.8) is 0 Å². The van der Waals surface area contributed by atoms with E-state index in [-0.39, 0.29) is 11.6 Å². The highest BCUT2D eigenvalue weighted by molar-refractivity contribution is 9.10. The average molecular weight is 675 g/mol. The highest BCUT2D eigenvalue weighted by Gasteiger charge is 2.23. The smallest absolute Gasteiger partial charge is 0.269 e. The van der Waals surface area contributed by atoms with Gasteiger partial charge in [0.1, 0.15) is 0 Å². The topological polar surface area (TPSA) is 98.8 Å². The van der Waals surface area contributed by atoms with Crippen LogP contribution in [0.2, 0.25) is 0 Å². The van der Waals surface area contributed by atoms with Crippen LogP contribution in [-0.2, 0) is 0 Å². The van der Waals surface area contributed by atoms with Gasteiger partial charge >= 0.3 is 0 Å². The van der Waals surface area contributed by atoms with Gasteiger partial charge in [0.25, 0.3) is 5.69 Å². The van der Waals surface area contributed by atoms with Gasteiger partial charge in [-0.1, -0.05) is 44.0 Å². The van der Waals surface area contributed by atoms with Crippen LogP contribution in [0, 0.1) is 10.1 Å². The Morgan fingerprint density at radius 1 is 0.750 bits per heavy atom. The molecule has 0 saturated carbocycles. The molecule has 0 radical (unpaired) electrons. The Balaban J connectivity index is 1.32. The SMILES string of the molecule is O=[N+]([O-])c1ccc(NC(=S)Nc2ccc(C(c3c[nH]c4ccc(Br)cc34)c3c[nH]c4ccc(Br)cc34)cc2)cc1. The van der Waals surface area contributed by atoms with Gasteiger partial charge in [-0.25, -0.2) is 0 Å². The molecular weight excluding hydrogens is 654 g/mol. The Labute approximate surface area is 251 Å². The summed E-state index contributed by atoms with van der Waals surface area (Å²) in [6, 6.07) is 26.9. The van der Waals surface area contributed by atoms with Gasteiger partial charge in [-0.05, 0) is 89.6 Å². The minimum Gasteiger partial charge on any atom is -0.361 e. The lowest BCUT2D eigenvalue weighted by atomic mass is 9.84. The zero-order chi connectivity index (χ0) is 27.8. The lowest BCUT2D eigenvalue weighted by molar-refractivity contribution is -0.384. The molecule has 0 unspecified atom stereocenters. The summed E-state index contributed by atoms with van der Waals surface area (Å²) in [5.74, 6) is -0.0367. The lowest BCUT2D eigenvalue weighted by Gasteiger charge is -2.18. The summed E-state index contributed by atoms with van der Waals surface area (Å²) in [7, 11) is 0. The van der Waals surface area contributed by atoms with Crippen molar-refractivity contribution in [3.05, 3.63) is 133 Å². The third kappa shape index (κ3) is 5.25. The minimum atomic E-state index is -0.431. The van der Waals surface area contributed by atoms with Crippen molar-refractivity contribution >= 4 is 88.1 Å². The molecule has 0 aliphatic carbocycles. The standard InChI is InChI=1S/C30H21Br2N5O2S/c31-18-3-11-27-23(13-18)25(15-33-27)29(26-16-34-28-12-4-19(32)14-24(26)28)17-1-5-20(6-2-17)35-30(40)36-21-7-9-22(10-8-21)37(38)39/h1-16,29,33-34H,(H2,35,36,40). The van der Waals surface area contributed by atoms with Gasteiger partial charge < -0.3 is 20.6 Å². The first-order valence-electron chi connectivity index (χ1n) is 12.3. The molecule has 0 fully saturated rings. The summed E-state index contributed by atoms with van der Waals surface area (Å²) < 4.78 is 2.05. The van der Waals surface area contributed by atoms with Gasteiger partial charge in [0.15, 0.2) is 5.11 Å². The fraction of sp³-hybridized carbons (Fsp3) is 0.0333. The molecule has 10 heteroatoms. The Hall–Kier alpha value is -3.99. The number of aromatic nitrogens is 2. The molecule has 2 heterocycles. The van der Waals surface area contributed by atoms with Gasteiger partial charge in [-0.15, -0.1) is 0 Å². The molecular formula is C30H21Br2N5O2S. The molecule has 0 saturated heterocycles. The number of halogens is 2. The molecule has 0 bridgehead atoms. The van der Waals surface area contributed by atoms with Gasteiger partial charge in [0.2, 0.25) is 0 Å². The van der Waals surface area contributed by atoms with Crippen LogP contribution in [0.4, 0.5) is 17.1 Å². The highest BCUT2D eigenvalue weighted by atomic mass is 79.9. The molecule has 6 rings (SSSR count). The van der Waals surface area contributed by atoms with Crippen molar-refractivity contribution in [1.29, 1.82) is 0 Å². The van der Waals surface area contributed by atoms with E-state index in [2.05, 4.69) is 101 Å². The fourth-order valence-corrected chi connectivity index (χ4v) is 5.91. The van der Waals surface area contributed by atoms with Gasteiger partial charge in [-0.3, -0.25) is 10.1 Å². The van der Waals surface area contributed by atoms with E-state index >= 15 is 0 Å². The number of non-ortho nitro benzene ring substituents is 1. The molecule has 2 aromatic heterocycles. The maximum atomic E-state index is 10.9. The molecule has 0 amide bonds. The molecule has 6 aromatic rings. The Kier molecular flexibility index (Phi) is 7.14. The molecule has 0 atom stereocenters. The van der Waals surface area contributed by atoms with Gasteiger partial charge in [-0.2, -0.15) is 0 Å². The number of hydrogen-bond donors (Lipinski definition) is 4. The summed E-state index contributed by atoms with van der Waals surface area (Å²) in [6.45, 7) is 0. The van der Waals surface area contributed by atoms with E-state index in [1.165, 1.54) is 23.3 Å². The molecule has 0 spiro atoms. The van der Waals surface area contributed by atoms with Crippen LogP contribution >= 0.6 is 44.1 Å². The van der Waals surface area contributed by atoms with Crippen LogP contribution in [0.25, 0.3) is 21.8 Å². The van der Waals surface area contributed by atoms with Crippen molar-refractivity contribution < 1.29 is 4.92 Å². The summed E-state index contributed by atoms with van der Waals surface area (Å²) >= 11 is 12.7. The van der Waals surface area contributed by atoms with Gasteiger partial charge in [0.05, 0.1) is 4.92 Å². The minimum absolute atomic E-state index is 0.0275. The largest absolute Gasteiger partial charge is 0.361 e. The Bertz CT molecular complexity index is 1800. The number of rotatable bonds is 6. The number of H-pyrrole nitrogens is 2. The number of nitrogens with zero attached hydrogens (tertiary/aromatic N) is 1. The third-order valence-corrected chi connectivity index (χ3v) is 8.00. The molecule has 40 heavy (non-hydrogen) atoms. The number of nitrogens with one attached hydrogen (secondary N) is 4. The van der Waals surface area contributed by atoms with Crippen molar-refractivity contribution in [2.45, 2.75) is 5.92 Å². The quantitative estimate of drug-likeness (QED) is 0.0803. The van der Waals surface area contributed by atoms with E-state index in [4.69, 9.17) is 12.2 Å². The van der Waals surface area contributed by atoms with E-state index in [9.17, 15) is 10.1 Å². The molecule has 7 nitrogen and oxygen atoms in total. The Morgan fingerprint density at radius 3 is 1.70 bits per heavy atom. The monoisotopic (exact) mass is 673 g/mol. The normalized spacial score (nSPS) is 11.3. The Morgan fingerprint density at radius 2 is 1.23 bits per heavy atom. The molecule has 0 aliphatic rings. The zero-order valence-corrected chi connectivity index (χ0v) is 24.7.